The first-order chi connectivity index (χ1) is 15.3. The Balaban J connectivity index is 1.81. The summed E-state index contributed by atoms with van der Waals surface area (Å²) in [6.45, 7) is 2.55. The molecule has 0 unspecified atom stereocenters. The highest BCUT2D eigenvalue weighted by molar-refractivity contribution is 9.10. The van der Waals surface area contributed by atoms with Crippen LogP contribution in [0.25, 0.3) is 5.69 Å². The molecule has 6 nitrogen and oxygen atoms in total. The molecule has 0 atom stereocenters. The molecule has 3 rings (SSSR count). The lowest BCUT2D eigenvalue weighted by Crippen LogP contribution is -2.26. The number of hydrogen-bond donors (Lipinski definition) is 2. The number of ether oxygens (including phenoxy) is 1. The first kappa shape index (κ1) is 23.6. The number of benzene rings is 2. The van der Waals surface area contributed by atoms with Gasteiger partial charge in [0.15, 0.2) is 0 Å². The number of carbonyl (C=O) groups excluding carboxylic acids is 1. The van der Waals surface area contributed by atoms with Gasteiger partial charge in [0.2, 0.25) is 0 Å². The van der Waals surface area contributed by atoms with Gasteiger partial charge in [0.25, 0.3) is 11.5 Å². The van der Waals surface area contributed by atoms with Crippen molar-refractivity contribution < 1.29 is 18.3 Å². The van der Waals surface area contributed by atoms with Gasteiger partial charge >= 0.3 is 0 Å². The van der Waals surface area contributed by atoms with E-state index in [0.29, 0.717) is 36.5 Å². The minimum absolute atomic E-state index is 0.161. The van der Waals surface area contributed by atoms with Crippen molar-refractivity contribution in [2.75, 3.05) is 13.1 Å². The fraction of sp³-hybridized carbons (Fsp3) is 0.217. The highest BCUT2D eigenvalue weighted by Crippen LogP contribution is 2.25. The molecule has 3 N–H and O–H groups in total. The number of nitrogens with one attached hydrogen (secondary N) is 1. The second kappa shape index (κ2) is 10.5. The average Bonchev–Trinajstić information content (AvgIpc) is 2.77. The lowest BCUT2D eigenvalue weighted by molar-refractivity contribution is 0.0953. The summed E-state index contributed by atoms with van der Waals surface area (Å²) in [6, 6.07) is 11.5. The number of nitrogens with two attached hydrogens (primary N) is 1. The number of aryl methyl sites for hydroxylation is 1. The van der Waals surface area contributed by atoms with Crippen molar-refractivity contribution in [3.63, 3.8) is 0 Å². The van der Waals surface area contributed by atoms with Gasteiger partial charge in [-0.1, -0.05) is 0 Å². The van der Waals surface area contributed by atoms with Crippen LogP contribution in [0.4, 0.5) is 8.78 Å². The molecule has 1 aromatic heterocycles. The van der Waals surface area contributed by atoms with Crippen molar-refractivity contribution in [2.45, 2.75) is 20.0 Å². The first-order valence-corrected chi connectivity index (χ1v) is 10.7. The second-order valence-electron chi connectivity index (χ2n) is 7.07. The summed E-state index contributed by atoms with van der Waals surface area (Å²) in [5, 5.41) is 2.77. The van der Waals surface area contributed by atoms with E-state index in [9.17, 15) is 18.4 Å². The largest absolute Gasteiger partial charge is 0.487 e. The summed E-state index contributed by atoms with van der Waals surface area (Å²) in [6.07, 6.45) is 0.689. The molecule has 0 aliphatic rings. The van der Waals surface area contributed by atoms with Crippen LogP contribution < -0.4 is 21.3 Å². The van der Waals surface area contributed by atoms with E-state index in [-0.39, 0.29) is 33.9 Å². The lowest BCUT2D eigenvalue weighted by Gasteiger charge is -2.15. The van der Waals surface area contributed by atoms with Crippen molar-refractivity contribution in [3.8, 4) is 11.4 Å². The van der Waals surface area contributed by atoms with Crippen LogP contribution in [0.5, 0.6) is 5.75 Å². The first-order valence-electron chi connectivity index (χ1n) is 9.89. The summed E-state index contributed by atoms with van der Waals surface area (Å²) < 4.78 is 34.1. The maximum atomic E-state index is 13.8. The van der Waals surface area contributed by atoms with Crippen LogP contribution in [-0.4, -0.2) is 23.6 Å². The van der Waals surface area contributed by atoms with Crippen molar-refractivity contribution in [1.82, 2.24) is 9.88 Å². The van der Waals surface area contributed by atoms with Gasteiger partial charge in [0.1, 0.15) is 28.5 Å². The van der Waals surface area contributed by atoms with Gasteiger partial charge in [-0.15, -0.1) is 0 Å². The van der Waals surface area contributed by atoms with Crippen molar-refractivity contribution in [2.24, 2.45) is 5.73 Å². The molecular weight excluding hydrogens is 484 g/mol. The maximum Gasteiger partial charge on any atom is 0.273 e. The van der Waals surface area contributed by atoms with Crippen LogP contribution in [0, 0.1) is 18.6 Å². The van der Waals surface area contributed by atoms with Crippen LogP contribution >= 0.6 is 15.9 Å². The summed E-state index contributed by atoms with van der Waals surface area (Å²) in [5.74, 6) is -1.38. The third kappa shape index (κ3) is 5.41. The molecular formula is C23H22BrF2N3O3. The van der Waals surface area contributed by atoms with Gasteiger partial charge in [-0.25, -0.2) is 8.78 Å². The Kier molecular flexibility index (Phi) is 7.76. The van der Waals surface area contributed by atoms with Crippen LogP contribution in [0.1, 0.15) is 28.0 Å². The molecule has 0 saturated carbocycles. The molecule has 0 spiro atoms. The van der Waals surface area contributed by atoms with Crippen LogP contribution in [0.3, 0.4) is 0 Å². The quantitative estimate of drug-likeness (QED) is 0.455. The number of nitrogens with zero attached hydrogens (tertiary/aromatic N) is 1. The summed E-state index contributed by atoms with van der Waals surface area (Å²) >= 11 is 3.25. The molecule has 1 amide bonds. The fourth-order valence-corrected chi connectivity index (χ4v) is 3.48. The van der Waals surface area contributed by atoms with E-state index < -0.39 is 11.6 Å². The van der Waals surface area contributed by atoms with E-state index in [1.54, 1.807) is 37.3 Å². The zero-order chi connectivity index (χ0) is 23.3. The topological polar surface area (TPSA) is 86.3 Å². The molecule has 3 aromatic rings. The van der Waals surface area contributed by atoms with E-state index in [0.717, 1.165) is 12.1 Å². The van der Waals surface area contributed by atoms with Gasteiger partial charge in [0, 0.05) is 41.2 Å². The molecule has 0 radical (unpaired) electrons. The second-order valence-corrected chi connectivity index (χ2v) is 7.87. The Morgan fingerprint density at radius 1 is 1.16 bits per heavy atom. The highest BCUT2D eigenvalue weighted by atomic mass is 79.9. The average molecular weight is 506 g/mol. The molecule has 0 aliphatic carbocycles. The number of rotatable bonds is 8. The number of halogens is 3. The molecule has 32 heavy (non-hydrogen) atoms. The summed E-state index contributed by atoms with van der Waals surface area (Å²) in [4.78, 5) is 25.1. The third-order valence-electron chi connectivity index (χ3n) is 4.75. The molecule has 0 saturated heterocycles. The van der Waals surface area contributed by atoms with E-state index >= 15 is 0 Å². The Labute approximate surface area is 192 Å². The molecule has 0 bridgehead atoms. The Morgan fingerprint density at radius 2 is 1.88 bits per heavy atom. The summed E-state index contributed by atoms with van der Waals surface area (Å²) in [7, 11) is 0. The van der Waals surface area contributed by atoms with E-state index in [1.165, 1.54) is 10.6 Å². The van der Waals surface area contributed by atoms with Crippen LogP contribution in [0.2, 0.25) is 0 Å². The zero-order valence-electron chi connectivity index (χ0n) is 17.3. The molecule has 0 aliphatic heterocycles. The number of pyridine rings is 1. The minimum atomic E-state index is -0.724. The van der Waals surface area contributed by atoms with Crippen molar-refractivity contribution >= 4 is 21.8 Å². The van der Waals surface area contributed by atoms with Gasteiger partial charge in [-0.05, 0) is 72.2 Å². The number of amides is 1. The minimum Gasteiger partial charge on any atom is -0.487 e. The fourth-order valence-electron chi connectivity index (χ4n) is 3.07. The SMILES string of the molecule is Cc1cc(OCc2ccc(F)cc2F)c(Br)c(=O)n1-c1ccc(C(=O)NCCCN)cc1. The highest BCUT2D eigenvalue weighted by Gasteiger charge is 2.15. The molecule has 2 aromatic carbocycles. The number of carbonyl (C=O) groups is 1. The predicted octanol–water partition coefficient (Wildman–Crippen LogP) is 3.84. The number of hydrogen-bond acceptors (Lipinski definition) is 4. The monoisotopic (exact) mass is 505 g/mol. The molecule has 0 fully saturated rings. The standard InChI is InChI=1S/C23H22BrF2N3O3/c1-14-11-20(32-13-16-3-6-17(25)12-19(16)26)21(24)23(31)29(14)18-7-4-15(5-8-18)22(30)28-10-2-9-27/h3-8,11-12H,2,9-10,13,27H2,1H3,(H,28,30). The zero-order valence-corrected chi connectivity index (χ0v) is 18.9. The van der Waals surface area contributed by atoms with Crippen LogP contribution in [-0.2, 0) is 6.61 Å². The maximum absolute atomic E-state index is 13.8. The normalized spacial score (nSPS) is 10.8. The van der Waals surface area contributed by atoms with Gasteiger partial charge in [0.05, 0.1) is 0 Å². The van der Waals surface area contributed by atoms with E-state index in [2.05, 4.69) is 21.2 Å². The smallest absolute Gasteiger partial charge is 0.273 e. The van der Waals surface area contributed by atoms with E-state index in [4.69, 9.17) is 10.5 Å². The van der Waals surface area contributed by atoms with Crippen LogP contribution in [0.15, 0.2) is 57.8 Å². The Bertz CT molecular complexity index is 1180. The van der Waals surface area contributed by atoms with Crippen molar-refractivity contribution in [3.05, 3.63) is 91.8 Å². The van der Waals surface area contributed by atoms with E-state index in [1.807, 2.05) is 0 Å². The lowest BCUT2D eigenvalue weighted by atomic mass is 10.1. The molecule has 1 heterocycles. The molecule has 168 valence electrons. The summed E-state index contributed by atoms with van der Waals surface area (Å²) in [5.41, 5.74) is 6.83. The molecule has 9 heteroatoms. The van der Waals surface area contributed by atoms with Gasteiger partial charge < -0.3 is 15.8 Å². The Morgan fingerprint density at radius 3 is 2.53 bits per heavy atom. The van der Waals surface area contributed by atoms with Crippen molar-refractivity contribution in [1.29, 1.82) is 0 Å². The van der Waals surface area contributed by atoms with Gasteiger partial charge in [-0.2, -0.15) is 0 Å². The number of aromatic nitrogens is 1. The predicted molar refractivity (Wildman–Crippen MR) is 121 cm³/mol. The third-order valence-corrected chi connectivity index (χ3v) is 5.48. The van der Waals surface area contributed by atoms with Gasteiger partial charge in [-0.3, -0.25) is 14.2 Å². The Hall–Kier alpha value is -3.04.